The van der Waals surface area contributed by atoms with Gasteiger partial charge in [0.1, 0.15) is 5.82 Å². The maximum atomic E-state index is 8.84. The first kappa shape index (κ1) is 10.9. The highest BCUT2D eigenvalue weighted by molar-refractivity contribution is 5.45. The van der Waals surface area contributed by atoms with E-state index < -0.39 is 0 Å². The smallest absolute Gasteiger partial charge is 0.129 e. The van der Waals surface area contributed by atoms with Crippen molar-refractivity contribution in [2.45, 2.75) is 19.4 Å². The monoisotopic (exact) mass is 217 g/mol. The number of nitriles is 1. The minimum atomic E-state index is 0.279. The van der Waals surface area contributed by atoms with Crippen LogP contribution in [0, 0.1) is 11.3 Å². The summed E-state index contributed by atoms with van der Waals surface area (Å²) in [7, 11) is 0. The second-order valence-corrected chi connectivity index (χ2v) is 3.86. The molecule has 0 spiro atoms. The third-order valence-corrected chi connectivity index (χ3v) is 2.79. The van der Waals surface area contributed by atoms with Gasteiger partial charge in [-0.2, -0.15) is 5.26 Å². The molecular formula is C12H15N3O. The Hall–Kier alpha value is -1.60. The average molecular weight is 217 g/mol. The molecule has 1 saturated heterocycles. The molecule has 16 heavy (non-hydrogen) atoms. The first-order valence-corrected chi connectivity index (χ1v) is 5.56. The normalized spacial score (nSPS) is 20.5. The highest BCUT2D eigenvalue weighted by atomic mass is 16.5. The lowest BCUT2D eigenvalue weighted by molar-refractivity contribution is 0.0381. The van der Waals surface area contributed by atoms with Crippen LogP contribution in [0.4, 0.5) is 5.82 Å². The van der Waals surface area contributed by atoms with Crippen LogP contribution in [0.2, 0.25) is 0 Å². The number of hydrogen-bond donors (Lipinski definition) is 0. The van der Waals surface area contributed by atoms with E-state index in [9.17, 15) is 0 Å². The predicted molar refractivity (Wildman–Crippen MR) is 61.2 cm³/mol. The Labute approximate surface area is 95.5 Å². The molecule has 0 saturated carbocycles. The van der Waals surface area contributed by atoms with Crippen molar-refractivity contribution in [2.75, 3.05) is 24.6 Å². The van der Waals surface area contributed by atoms with Gasteiger partial charge in [-0.05, 0) is 18.6 Å². The zero-order valence-electron chi connectivity index (χ0n) is 9.39. The van der Waals surface area contributed by atoms with Gasteiger partial charge in [-0.15, -0.1) is 0 Å². The Morgan fingerprint density at radius 2 is 2.56 bits per heavy atom. The van der Waals surface area contributed by atoms with Crippen LogP contribution < -0.4 is 4.90 Å². The van der Waals surface area contributed by atoms with Gasteiger partial charge in [0.25, 0.3) is 0 Å². The molecule has 1 aromatic rings. The van der Waals surface area contributed by atoms with Gasteiger partial charge in [0.05, 0.1) is 24.3 Å². The number of ether oxygens (including phenoxy) is 1. The van der Waals surface area contributed by atoms with Crippen molar-refractivity contribution in [3.05, 3.63) is 23.9 Å². The molecule has 2 rings (SSSR count). The maximum absolute atomic E-state index is 8.84. The van der Waals surface area contributed by atoms with Crippen molar-refractivity contribution >= 4 is 5.82 Å². The van der Waals surface area contributed by atoms with Crippen LogP contribution in [-0.4, -0.2) is 30.8 Å². The number of aromatic nitrogens is 1. The topological polar surface area (TPSA) is 49.2 Å². The zero-order valence-corrected chi connectivity index (χ0v) is 9.39. The van der Waals surface area contributed by atoms with Gasteiger partial charge in [0.15, 0.2) is 0 Å². The quantitative estimate of drug-likeness (QED) is 0.754. The van der Waals surface area contributed by atoms with Crippen LogP contribution in [0.5, 0.6) is 0 Å². The number of nitrogens with zero attached hydrogens (tertiary/aromatic N) is 3. The fraction of sp³-hybridized carbons (Fsp3) is 0.500. The summed E-state index contributed by atoms with van der Waals surface area (Å²) in [6.07, 6.45) is 2.97. The van der Waals surface area contributed by atoms with E-state index in [1.807, 2.05) is 6.07 Å². The van der Waals surface area contributed by atoms with E-state index in [0.717, 1.165) is 31.9 Å². The lowest BCUT2D eigenvalue weighted by Crippen LogP contribution is -2.42. The number of pyridine rings is 1. The number of morpholine rings is 1. The molecule has 0 aromatic carbocycles. The van der Waals surface area contributed by atoms with E-state index in [0.29, 0.717) is 5.56 Å². The summed E-state index contributed by atoms with van der Waals surface area (Å²) in [5.41, 5.74) is 0.657. The first-order valence-electron chi connectivity index (χ1n) is 5.56. The molecule has 0 N–H and O–H groups in total. The summed E-state index contributed by atoms with van der Waals surface area (Å²) in [5.74, 6) is 0.876. The van der Waals surface area contributed by atoms with Gasteiger partial charge in [0.2, 0.25) is 0 Å². The summed E-state index contributed by atoms with van der Waals surface area (Å²) in [5, 5.41) is 8.84. The van der Waals surface area contributed by atoms with E-state index in [1.165, 1.54) is 0 Å². The summed E-state index contributed by atoms with van der Waals surface area (Å²) < 4.78 is 5.60. The van der Waals surface area contributed by atoms with Crippen molar-refractivity contribution in [3.63, 3.8) is 0 Å². The molecule has 1 aliphatic rings. The van der Waals surface area contributed by atoms with Gasteiger partial charge in [-0.3, -0.25) is 0 Å². The SMILES string of the molecule is CCC1CN(c2cc(C#N)ccn2)CCO1. The molecule has 1 fully saturated rings. The molecular weight excluding hydrogens is 202 g/mol. The number of anilines is 1. The zero-order chi connectivity index (χ0) is 11.4. The Morgan fingerprint density at radius 1 is 1.69 bits per heavy atom. The molecule has 1 atom stereocenters. The van der Waals surface area contributed by atoms with Crippen LogP contribution in [0.1, 0.15) is 18.9 Å². The van der Waals surface area contributed by atoms with Crippen molar-refractivity contribution in [1.29, 1.82) is 5.26 Å². The summed E-state index contributed by atoms with van der Waals surface area (Å²) in [4.78, 5) is 6.48. The average Bonchev–Trinajstić information content (AvgIpc) is 2.39. The standard InChI is InChI=1S/C12H15N3O/c1-2-11-9-15(5-6-16-11)12-7-10(8-13)3-4-14-12/h3-4,7,11H,2,5-6,9H2,1H3. The van der Waals surface area contributed by atoms with Gasteiger partial charge in [-0.1, -0.05) is 6.92 Å². The Bertz CT molecular complexity index is 399. The molecule has 1 aromatic heterocycles. The summed E-state index contributed by atoms with van der Waals surface area (Å²) in [6.45, 7) is 4.56. The van der Waals surface area contributed by atoms with E-state index in [-0.39, 0.29) is 6.10 Å². The van der Waals surface area contributed by atoms with Crippen LogP contribution >= 0.6 is 0 Å². The van der Waals surface area contributed by atoms with E-state index in [1.54, 1.807) is 12.3 Å². The molecule has 1 unspecified atom stereocenters. The predicted octanol–water partition coefficient (Wildman–Crippen LogP) is 1.57. The van der Waals surface area contributed by atoms with Gasteiger partial charge in [-0.25, -0.2) is 4.98 Å². The highest BCUT2D eigenvalue weighted by Crippen LogP contribution is 2.17. The van der Waals surface area contributed by atoms with Crippen LogP contribution in [-0.2, 0) is 4.74 Å². The number of rotatable bonds is 2. The van der Waals surface area contributed by atoms with Crippen molar-refractivity contribution in [2.24, 2.45) is 0 Å². The molecule has 0 aliphatic carbocycles. The second-order valence-electron chi connectivity index (χ2n) is 3.86. The minimum Gasteiger partial charge on any atom is -0.375 e. The molecule has 1 aliphatic heterocycles. The first-order chi connectivity index (χ1) is 7.83. The van der Waals surface area contributed by atoms with Crippen LogP contribution in [0.3, 0.4) is 0 Å². The van der Waals surface area contributed by atoms with E-state index in [4.69, 9.17) is 10.00 Å². The van der Waals surface area contributed by atoms with Crippen LogP contribution in [0.25, 0.3) is 0 Å². The maximum Gasteiger partial charge on any atom is 0.129 e. The number of hydrogen-bond acceptors (Lipinski definition) is 4. The third kappa shape index (κ3) is 2.31. The third-order valence-electron chi connectivity index (χ3n) is 2.79. The Balaban J connectivity index is 2.14. The fourth-order valence-corrected chi connectivity index (χ4v) is 1.84. The second kappa shape index (κ2) is 4.95. The Kier molecular flexibility index (Phi) is 3.37. The van der Waals surface area contributed by atoms with Gasteiger partial charge >= 0.3 is 0 Å². The van der Waals surface area contributed by atoms with Gasteiger partial charge < -0.3 is 9.64 Å². The van der Waals surface area contributed by atoms with E-state index in [2.05, 4.69) is 22.9 Å². The highest BCUT2D eigenvalue weighted by Gasteiger charge is 2.19. The lowest BCUT2D eigenvalue weighted by Gasteiger charge is -2.33. The molecule has 4 heteroatoms. The summed E-state index contributed by atoms with van der Waals surface area (Å²) >= 11 is 0. The molecule has 0 bridgehead atoms. The van der Waals surface area contributed by atoms with E-state index >= 15 is 0 Å². The molecule has 4 nitrogen and oxygen atoms in total. The minimum absolute atomic E-state index is 0.279. The molecule has 2 heterocycles. The molecule has 84 valence electrons. The van der Waals surface area contributed by atoms with Crippen molar-refractivity contribution in [3.8, 4) is 6.07 Å². The fourth-order valence-electron chi connectivity index (χ4n) is 1.84. The van der Waals surface area contributed by atoms with Crippen LogP contribution in [0.15, 0.2) is 18.3 Å². The van der Waals surface area contributed by atoms with Crippen molar-refractivity contribution < 1.29 is 4.74 Å². The lowest BCUT2D eigenvalue weighted by atomic mass is 10.2. The Morgan fingerprint density at radius 3 is 3.31 bits per heavy atom. The largest absolute Gasteiger partial charge is 0.375 e. The summed E-state index contributed by atoms with van der Waals surface area (Å²) in [6, 6.07) is 5.69. The molecule has 0 amide bonds. The van der Waals surface area contributed by atoms with Gasteiger partial charge in [0, 0.05) is 19.3 Å². The molecule has 0 radical (unpaired) electrons. The van der Waals surface area contributed by atoms with Crippen molar-refractivity contribution in [1.82, 2.24) is 4.98 Å².